The van der Waals surface area contributed by atoms with Crippen LogP contribution in [0, 0.1) is 10.1 Å². The molecule has 2 aromatic rings. The van der Waals surface area contributed by atoms with E-state index in [9.17, 15) is 14.9 Å². The van der Waals surface area contributed by atoms with Crippen LogP contribution in [0.4, 0.5) is 10.7 Å². The molecule has 9 heteroatoms. The Morgan fingerprint density at radius 3 is 2.85 bits per heavy atom. The Hall–Kier alpha value is -2.16. The van der Waals surface area contributed by atoms with Gasteiger partial charge in [0.05, 0.1) is 28.0 Å². The lowest BCUT2D eigenvalue weighted by Crippen LogP contribution is -3.14. The van der Waals surface area contributed by atoms with Crippen molar-refractivity contribution in [1.82, 2.24) is 5.32 Å². The van der Waals surface area contributed by atoms with Gasteiger partial charge in [-0.2, -0.15) is 0 Å². The molecule has 3 heterocycles. The highest BCUT2D eigenvalue weighted by Crippen LogP contribution is 2.39. The summed E-state index contributed by atoms with van der Waals surface area (Å²) in [6, 6.07) is 5.13. The number of anilines is 1. The van der Waals surface area contributed by atoms with Crippen LogP contribution < -0.4 is 15.5 Å². The topological polar surface area (TPSA) is 88.7 Å². The standard InChI is InChI=1S/C18H19ClN4O3S/c1-9(2)22-6-5-11-14(8-22)27-18-15(11)17(24)20-16(21-18)10-3-4-12(19)13(7-10)23(25)26/h3-4,7,9,16,21H,5-6,8H2,1-2H3,(H,20,24)/p+1/t16-/m1/s1. The Bertz CT molecular complexity index is 943. The van der Waals surface area contributed by atoms with Crippen LogP contribution >= 0.6 is 22.9 Å². The summed E-state index contributed by atoms with van der Waals surface area (Å²) in [5.74, 6) is -0.128. The molecule has 2 aliphatic rings. The van der Waals surface area contributed by atoms with E-state index in [2.05, 4.69) is 24.5 Å². The molecule has 0 bridgehead atoms. The van der Waals surface area contributed by atoms with Gasteiger partial charge < -0.3 is 15.5 Å². The zero-order valence-corrected chi connectivity index (χ0v) is 16.5. The van der Waals surface area contributed by atoms with E-state index >= 15 is 0 Å². The maximum absolute atomic E-state index is 12.8. The number of quaternary nitrogens is 1. The predicted molar refractivity (Wildman–Crippen MR) is 105 cm³/mol. The van der Waals surface area contributed by atoms with Crippen molar-refractivity contribution in [1.29, 1.82) is 0 Å². The fourth-order valence-electron chi connectivity index (χ4n) is 3.72. The van der Waals surface area contributed by atoms with E-state index in [0.29, 0.717) is 11.6 Å². The average Bonchev–Trinajstić information content (AvgIpc) is 2.99. The first-order chi connectivity index (χ1) is 12.8. The third-order valence-corrected chi connectivity index (χ3v) is 6.75. The molecular weight excluding hydrogens is 388 g/mol. The number of hydrogen-bond donors (Lipinski definition) is 3. The Labute approximate surface area is 165 Å². The Morgan fingerprint density at radius 1 is 1.37 bits per heavy atom. The minimum absolute atomic E-state index is 0.0786. The van der Waals surface area contributed by atoms with E-state index in [1.54, 1.807) is 17.4 Å². The summed E-state index contributed by atoms with van der Waals surface area (Å²) in [5.41, 5.74) is 2.31. The molecule has 1 unspecified atom stereocenters. The summed E-state index contributed by atoms with van der Waals surface area (Å²) >= 11 is 7.52. The van der Waals surface area contributed by atoms with E-state index in [0.717, 1.165) is 35.6 Å². The van der Waals surface area contributed by atoms with Crippen LogP contribution in [0.3, 0.4) is 0 Å². The van der Waals surface area contributed by atoms with E-state index in [-0.39, 0.29) is 16.6 Å². The number of benzene rings is 1. The number of carbonyl (C=O) groups is 1. The number of fused-ring (bicyclic) bond motifs is 3. The van der Waals surface area contributed by atoms with Crippen molar-refractivity contribution in [2.45, 2.75) is 39.0 Å². The van der Waals surface area contributed by atoms with E-state index in [1.165, 1.54) is 21.9 Å². The van der Waals surface area contributed by atoms with Gasteiger partial charge in [-0.25, -0.2) is 0 Å². The molecule has 0 saturated heterocycles. The predicted octanol–water partition coefficient (Wildman–Crippen LogP) is 2.51. The fourth-order valence-corrected chi connectivity index (χ4v) is 5.23. The smallest absolute Gasteiger partial charge is 0.288 e. The minimum Gasteiger partial charge on any atom is -0.353 e. The van der Waals surface area contributed by atoms with Crippen LogP contribution in [0.25, 0.3) is 0 Å². The van der Waals surface area contributed by atoms with Gasteiger partial charge in [-0.3, -0.25) is 14.9 Å². The Kier molecular flexibility index (Phi) is 4.57. The third kappa shape index (κ3) is 3.18. The second-order valence-electron chi connectivity index (χ2n) is 7.22. The maximum atomic E-state index is 12.8. The number of nitrogens with one attached hydrogen (secondary N) is 3. The quantitative estimate of drug-likeness (QED) is 0.538. The summed E-state index contributed by atoms with van der Waals surface area (Å²) in [6.45, 7) is 6.37. The van der Waals surface area contributed by atoms with Crippen molar-refractivity contribution in [3.05, 3.63) is 54.9 Å². The molecule has 27 heavy (non-hydrogen) atoms. The first-order valence-electron chi connectivity index (χ1n) is 8.85. The van der Waals surface area contributed by atoms with Gasteiger partial charge in [-0.1, -0.05) is 17.7 Å². The fraction of sp³-hybridized carbons (Fsp3) is 0.389. The largest absolute Gasteiger partial charge is 0.353 e. The number of hydrogen-bond acceptors (Lipinski definition) is 5. The number of rotatable bonds is 3. The lowest BCUT2D eigenvalue weighted by molar-refractivity contribution is -0.936. The molecule has 0 saturated carbocycles. The molecular formula is C18H20ClN4O3S+. The zero-order valence-electron chi connectivity index (χ0n) is 15.0. The summed E-state index contributed by atoms with van der Waals surface area (Å²) < 4.78 is 0. The first-order valence-corrected chi connectivity index (χ1v) is 10.0. The molecule has 2 atom stereocenters. The van der Waals surface area contributed by atoms with Crippen LogP contribution in [0.5, 0.6) is 0 Å². The maximum Gasteiger partial charge on any atom is 0.288 e. The molecule has 0 fully saturated rings. The Balaban J connectivity index is 1.66. The normalized spacial score (nSPS) is 21.3. The van der Waals surface area contributed by atoms with Gasteiger partial charge in [0, 0.05) is 18.1 Å². The third-order valence-electron chi connectivity index (χ3n) is 5.27. The van der Waals surface area contributed by atoms with Crippen LogP contribution in [-0.4, -0.2) is 23.4 Å². The molecule has 0 aliphatic carbocycles. The van der Waals surface area contributed by atoms with Crippen molar-refractivity contribution in [3.8, 4) is 0 Å². The van der Waals surface area contributed by atoms with E-state index < -0.39 is 11.1 Å². The van der Waals surface area contributed by atoms with Gasteiger partial charge >= 0.3 is 0 Å². The van der Waals surface area contributed by atoms with Gasteiger partial charge in [-0.05, 0) is 25.5 Å². The highest BCUT2D eigenvalue weighted by Gasteiger charge is 2.35. The number of carbonyl (C=O) groups excluding carboxylic acids is 1. The van der Waals surface area contributed by atoms with Crippen molar-refractivity contribution in [3.63, 3.8) is 0 Å². The van der Waals surface area contributed by atoms with Crippen LogP contribution in [-0.2, 0) is 13.0 Å². The molecule has 1 amide bonds. The highest BCUT2D eigenvalue weighted by molar-refractivity contribution is 7.16. The zero-order chi connectivity index (χ0) is 19.3. The summed E-state index contributed by atoms with van der Waals surface area (Å²) in [5, 5.41) is 18.3. The number of nitrogens with zero attached hydrogens (tertiary/aromatic N) is 1. The SMILES string of the molecule is CC(C)[NH+]1CCc2c(sc3c2C(=O)N[C@@H](c2ccc(Cl)c([N+](=O)[O-])c2)N3)C1. The monoisotopic (exact) mass is 407 g/mol. The average molecular weight is 408 g/mol. The summed E-state index contributed by atoms with van der Waals surface area (Å²) in [6.07, 6.45) is 0.371. The molecule has 2 aliphatic heterocycles. The van der Waals surface area contributed by atoms with Crippen LogP contribution in [0.2, 0.25) is 5.02 Å². The Morgan fingerprint density at radius 2 is 2.15 bits per heavy atom. The molecule has 4 rings (SSSR count). The van der Waals surface area contributed by atoms with Gasteiger partial charge in [0.2, 0.25) is 0 Å². The van der Waals surface area contributed by atoms with Crippen LogP contribution in [0.15, 0.2) is 18.2 Å². The number of halogens is 1. The van der Waals surface area contributed by atoms with Gasteiger partial charge in [-0.15, -0.1) is 11.3 Å². The first kappa shape index (κ1) is 18.2. The number of nitro groups is 1. The molecule has 1 aromatic heterocycles. The lowest BCUT2D eigenvalue weighted by Gasteiger charge is -2.28. The molecule has 0 radical (unpaired) electrons. The second-order valence-corrected chi connectivity index (χ2v) is 8.73. The number of thiophene rings is 1. The highest BCUT2D eigenvalue weighted by atomic mass is 35.5. The van der Waals surface area contributed by atoms with E-state index in [4.69, 9.17) is 11.6 Å². The molecule has 7 nitrogen and oxygen atoms in total. The van der Waals surface area contributed by atoms with Crippen molar-refractivity contribution < 1.29 is 14.6 Å². The molecule has 1 aromatic carbocycles. The minimum atomic E-state index is -0.519. The lowest BCUT2D eigenvalue weighted by atomic mass is 9.99. The molecule has 142 valence electrons. The van der Waals surface area contributed by atoms with Gasteiger partial charge in [0.15, 0.2) is 0 Å². The number of nitro benzene ring substituents is 1. The van der Waals surface area contributed by atoms with Crippen molar-refractivity contribution >= 4 is 39.5 Å². The van der Waals surface area contributed by atoms with Crippen molar-refractivity contribution in [2.75, 3.05) is 11.9 Å². The molecule has 3 N–H and O–H groups in total. The summed E-state index contributed by atoms with van der Waals surface area (Å²) in [4.78, 5) is 26.2. The van der Waals surface area contributed by atoms with E-state index in [1.807, 2.05) is 0 Å². The number of amides is 1. The second kappa shape index (κ2) is 6.78. The van der Waals surface area contributed by atoms with Gasteiger partial charge in [0.1, 0.15) is 22.7 Å². The van der Waals surface area contributed by atoms with Crippen molar-refractivity contribution in [2.24, 2.45) is 0 Å². The van der Waals surface area contributed by atoms with Crippen LogP contribution in [0.1, 0.15) is 46.4 Å². The summed E-state index contributed by atoms with van der Waals surface area (Å²) in [7, 11) is 0. The molecule has 0 spiro atoms. The van der Waals surface area contributed by atoms with Gasteiger partial charge in [0.25, 0.3) is 11.6 Å².